The van der Waals surface area contributed by atoms with E-state index in [1.54, 1.807) is 7.11 Å². The zero-order chi connectivity index (χ0) is 22.3. The van der Waals surface area contributed by atoms with E-state index in [9.17, 15) is 4.79 Å². The number of hydrogen-bond acceptors (Lipinski definition) is 6. The number of methoxy groups -OCH3 is 1. The second-order valence-electron chi connectivity index (χ2n) is 7.68. The molecule has 166 valence electrons. The van der Waals surface area contributed by atoms with E-state index in [4.69, 9.17) is 14.6 Å². The molecular formula is C25H27N3O4. The first-order valence-corrected chi connectivity index (χ1v) is 10.6. The summed E-state index contributed by atoms with van der Waals surface area (Å²) in [6.45, 7) is 4.01. The molecule has 0 aliphatic carbocycles. The predicted octanol–water partition coefficient (Wildman–Crippen LogP) is 3.54. The molecule has 1 saturated heterocycles. The van der Waals surface area contributed by atoms with Gasteiger partial charge in [0.25, 0.3) is 0 Å². The van der Waals surface area contributed by atoms with Crippen molar-refractivity contribution >= 4 is 11.8 Å². The van der Waals surface area contributed by atoms with Crippen molar-refractivity contribution in [3.05, 3.63) is 72.4 Å². The van der Waals surface area contributed by atoms with Crippen LogP contribution >= 0.6 is 0 Å². The number of hydrogen-bond donors (Lipinski definition) is 1. The lowest BCUT2D eigenvalue weighted by atomic mass is 9.98. The number of piperazine rings is 1. The van der Waals surface area contributed by atoms with Crippen LogP contribution in [0.5, 0.6) is 11.5 Å². The molecule has 0 atom stereocenters. The molecule has 1 aliphatic heterocycles. The zero-order valence-electron chi connectivity index (χ0n) is 18.1. The predicted molar refractivity (Wildman–Crippen MR) is 123 cm³/mol. The quantitative estimate of drug-likeness (QED) is 0.582. The Balaban J connectivity index is 1.53. The summed E-state index contributed by atoms with van der Waals surface area (Å²) in [5.41, 5.74) is 3.22. The van der Waals surface area contributed by atoms with Gasteiger partial charge in [0.1, 0.15) is 17.3 Å². The lowest BCUT2D eigenvalue weighted by Gasteiger charge is -2.35. The van der Waals surface area contributed by atoms with Crippen LogP contribution < -0.4 is 14.4 Å². The highest BCUT2D eigenvalue weighted by Crippen LogP contribution is 2.31. The number of aliphatic carboxylic acids is 1. The molecule has 2 heterocycles. The third-order valence-corrected chi connectivity index (χ3v) is 5.56. The number of carbonyl (C=O) groups is 1. The number of carboxylic acids is 1. The molecule has 7 nitrogen and oxygen atoms in total. The molecule has 0 bridgehead atoms. The number of carboxylic acid groups (broad SMARTS) is 1. The molecule has 3 aromatic rings. The summed E-state index contributed by atoms with van der Waals surface area (Å²) >= 11 is 0. The van der Waals surface area contributed by atoms with Crippen molar-refractivity contribution < 1.29 is 19.4 Å². The molecule has 1 aromatic heterocycles. The highest BCUT2D eigenvalue weighted by Gasteiger charge is 2.20. The highest BCUT2D eigenvalue weighted by atomic mass is 16.5. The number of nitrogens with zero attached hydrogens (tertiary/aromatic N) is 3. The van der Waals surface area contributed by atoms with E-state index in [1.807, 2.05) is 60.8 Å². The van der Waals surface area contributed by atoms with Crippen molar-refractivity contribution in [3.8, 4) is 22.6 Å². The Labute approximate surface area is 187 Å². The zero-order valence-corrected chi connectivity index (χ0v) is 18.1. The monoisotopic (exact) mass is 433 g/mol. The minimum atomic E-state index is -0.992. The first kappa shape index (κ1) is 21.6. The number of anilines is 1. The summed E-state index contributed by atoms with van der Waals surface area (Å²) in [6, 6.07) is 19.7. The van der Waals surface area contributed by atoms with Crippen LogP contribution in [0.4, 0.5) is 5.82 Å². The van der Waals surface area contributed by atoms with Gasteiger partial charge in [0.05, 0.1) is 7.11 Å². The second-order valence-corrected chi connectivity index (χ2v) is 7.68. The van der Waals surface area contributed by atoms with Crippen LogP contribution in [0.1, 0.15) is 5.56 Å². The van der Waals surface area contributed by atoms with Gasteiger partial charge in [-0.25, -0.2) is 9.78 Å². The Bertz CT molecular complexity index is 1050. The van der Waals surface area contributed by atoms with Crippen LogP contribution in [0.2, 0.25) is 0 Å². The summed E-state index contributed by atoms with van der Waals surface area (Å²) in [6.07, 6.45) is 1.82. The Kier molecular flexibility index (Phi) is 6.87. The van der Waals surface area contributed by atoms with Crippen LogP contribution in [0.3, 0.4) is 0 Å². The van der Waals surface area contributed by atoms with Gasteiger partial charge >= 0.3 is 5.97 Å². The minimum Gasteiger partial charge on any atom is -0.497 e. The van der Waals surface area contributed by atoms with Gasteiger partial charge in [-0.3, -0.25) is 4.90 Å². The number of rotatable bonds is 8. The number of aromatic nitrogens is 1. The van der Waals surface area contributed by atoms with E-state index in [2.05, 4.69) is 20.9 Å². The van der Waals surface area contributed by atoms with Gasteiger partial charge in [-0.15, -0.1) is 0 Å². The molecule has 2 aromatic carbocycles. The number of ether oxygens (including phenoxy) is 2. The second kappa shape index (κ2) is 10.2. The molecule has 1 aliphatic rings. The molecule has 0 spiro atoms. The third-order valence-electron chi connectivity index (χ3n) is 5.56. The van der Waals surface area contributed by atoms with Crippen molar-refractivity contribution in [1.29, 1.82) is 0 Å². The molecule has 4 rings (SSSR count). The molecule has 0 unspecified atom stereocenters. The van der Waals surface area contributed by atoms with Crippen LogP contribution in [0, 0.1) is 0 Å². The SMILES string of the molecule is COc1cccc(-c2ccc(OCC(=O)O)cc2CN2CCN(c3ccccn3)CC2)c1. The Morgan fingerprint density at radius 1 is 1.00 bits per heavy atom. The average molecular weight is 434 g/mol. The molecule has 0 radical (unpaired) electrons. The fraction of sp³-hybridized carbons (Fsp3) is 0.280. The van der Waals surface area contributed by atoms with E-state index in [0.29, 0.717) is 5.75 Å². The van der Waals surface area contributed by atoms with Gasteiger partial charge in [-0.05, 0) is 53.1 Å². The smallest absolute Gasteiger partial charge is 0.341 e. The fourth-order valence-corrected chi connectivity index (χ4v) is 3.92. The maximum atomic E-state index is 10.9. The lowest BCUT2D eigenvalue weighted by Crippen LogP contribution is -2.46. The lowest BCUT2D eigenvalue weighted by molar-refractivity contribution is -0.139. The van der Waals surface area contributed by atoms with Gasteiger partial charge in [0, 0.05) is 38.9 Å². The van der Waals surface area contributed by atoms with Crippen molar-refractivity contribution in [2.75, 3.05) is 44.8 Å². The van der Waals surface area contributed by atoms with Crippen LogP contribution in [0.15, 0.2) is 66.9 Å². The molecule has 1 N–H and O–H groups in total. The molecule has 0 amide bonds. The van der Waals surface area contributed by atoms with Gasteiger partial charge < -0.3 is 19.5 Å². The third kappa shape index (κ3) is 5.36. The van der Waals surface area contributed by atoms with Crippen LogP contribution in [0.25, 0.3) is 11.1 Å². The summed E-state index contributed by atoms with van der Waals surface area (Å²) in [4.78, 5) is 20.1. The molecule has 7 heteroatoms. The van der Waals surface area contributed by atoms with Gasteiger partial charge in [-0.1, -0.05) is 24.3 Å². The molecular weight excluding hydrogens is 406 g/mol. The largest absolute Gasteiger partial charge is 0.497 e. The van der Waals surface area contributed by atoms with E-state index < -0.39 is 5.97 Å². The van der Waals surface area contributed by atoms with Crippen molar-refractivity contribution in [3.63, 3.8) is 0 Å². The van der Waals surface area contributed by atoms with E-state index >= 15 is 0 Å². The topological polar surface area (TPSA) is 75.1 Å². The molecule has 1 fully saturated rings. The van der Waals surface area contributed by atoms with Crippen molar-refractivity contribution in [2.45, 2.75) is 6.54 Å². The number of benzene rings is 2. The molecule has 32 heavy (non-hydrogen) atoms. The maximum Gasteiger partial charge on any atom is 0.341 e. The average Bonchev–Trinajstić information content (AvgIpc) is 2.84. The summed E-state index contributed by atoms with van der Waals surface area (Å²) in [5.74, 6) is 1.37. The van der Waals surface area contributed by atoms with Gasteiger partial charge in [-0.2, -0.15) is 0 Å². The summed E-state index contributed by atoms with van der Waals surface area (Å²) in [7, 11) is 1.66. The van der Waals surface area contributed by atoms with Crippen LogP contribution in [-0.2, 0) is 11.3 Å². The first-order valence-electron chi connectivity index (χ1n) is 10.6. The standard InChI is InChI=1S/C25H27N3O4/c1-31-21-6-4-5-19(15-21)23-9-8-22(32-18-25(29)30)16-20(23)17-27-11-13-28(14-12-27)24-7-2-3-10-26-24/h2-10,15-16H,11-14,17-18H2,1H3,(H,29,30). The summed E-state index contributed by atoms with van der Waals surface area (Å²) in [5, 5.41) is 8.96. The molecule has 0 saturated carbocycles. The fourth-order valence-electron chi connectivity index (χ4n) is 3.92. The Hall–Kier alpha value is -3.58. The van der Waals surface area contributed by atoms with Gasteiger partial charge in [0.2, 0.25) is 0 Å². The van der Waals surface area contributed by atoms with Crippen molar-refractivity contribution in [2.24, 2.45) is 0 Å². The van der Waals surface area contributed by atoms with E-state index in [1.165, 1.54) is 0 Å². The first-order chi connectivity index (χ1) is 15.6. The van der Waals surface area contributed by atoms with Gasteiger partial charge in [0.15, 0.2) is 6.61 Å². The Morgan fingerprint density at radius 3 is 2.56 bits per heavy atom. The number of pyridine rings is 1. The highest BCUT2D eigenvalue weighted by molar-refractivity contribution is 5.71. The van der Waals surface area contributed by atoms with E-state index in [-0.39, 0.29) is 6.61 Å². The maximum absolute atomic E-state index is 10.9. The van der Waals surface area contributed by atoms with E-state index in [0.717, 1.165) is 61.0 Å². The van der Waals surface area contributed by atoms with Crippen molar-refractivity contribution in [1.82, 2.24) is 9.88 Å². The normalized spacial score (nSPS) is 14.2. The minimum absolute atomic E-state index is 0.360. The summed E-state index contributed by atoms with van der Waals surface area (Å²) < 4.78 is 10.8. The van der Waals surface area contributed by atoms with Crippen LogP contribution in [-0.4, -0.2) is 60.9 Å². The Morgan fingerprint density at radius 2 is 1.84 bits per heavy atom.